The third-order valence-corrected chi connectivity index (χ3v) is 2.32. The Balaban J connectivity index is 2.49. The van der Waals surface area contributed by atoms with Crippen LogP contribution in [0, 0.1) is 0 Å². The SMILES string of the molecule is CCCC(O)Cc1ccc(Br)cn1. The second-order valence-corrected chi connectivity index (χ2v) is 4.03. The van der Waals surface area contributed by atoms with Gasteiger partial charge in [-0.2, -0.15) is 0 Å². The van der Waals surface area contributed by atoms with E-state index in [-0.39, 0.29) is 6.10 Å². The van der Waals surface area contributed by atoms with Gasteiger partial charge in [0.2, 0.25) is 0 Å². The molecule has 0 aliphatic heterocycles. The molecule has 1 heterocycles. The van der Waals surface area contributed by atoms with Crippen LogP contribution in [0.25, 0.3) is 0 Å². The van der Waals surface area contributed by atoms with Crippen LogP contribution in [0.15, 0.2) is 22.8 Å². The molecule has 3 heteroatoms. The molecule has 0 aliphatic carbocycles. The summed E-state index contributed by atoms with van der Waals surface area (Å²) < 4.78 is 0.973. The molecule has 2 nitrogen and oxygen atoms in total. The highest BCUT2D eigenvalue weighted by atomic mass is 79.9. The fourth-order valence-electron chi connectivity index (χ4n) is 1.20. The van der Waals surface area contributed by atoms with E-state index in [0.29, 0.717) is 6.42 Å². The predicted octanol–water partition coefficient (Wildman–Crippen LogP) is 2.55. The van der Waals surface area contributed by atoms with Gasteiger partial charge in [0.05, 0.1) is 6.10 Å². The lowest BCUT2D eigenvalue weighted by molar-refractivity contribution is 0.163. The molecule has 0 bridgehead atoms. The van der Waals surface area contributed by atoms with Gasteiger partial charge in [-0.3, -0.25) is 4.98 Å². The molecule has 0 fully saturated rings. The third-order valence-electron chi connectivity index (χ3n) is 1.86. The first-order valence-electron chi connectivity index (χ1n) is 4.51. The van der Waals surface area contributed by atoms with E-state index in [1.807, 2.05) is 12.1 Å². The first-order valence-corrected chi connectivity index (χ1v) is 5.30. The van der Waals surface area contributed by atoms with Crippen LogP contribution in [-0.2, 0) is 6.42 Å². The first-order chi connectivity index (χ1) is 6.22. The number of hydrogen-bond acceptors (Lipinski definition) is 2. The molecule has 0 saturated carbocycles. The van der Waals surface area contributed by atoms with Crippen LogP contribution < -0.4 is 0 Å². The molecule has 1 atom stereocenters. The van der Waals surface area contributed by atoms with Crippen LogP contribution >= 0.6 is 15.9 Å². The summed E-state index contributed by atoms with van der Waals surface area (Å²) in [5.41, 5.74) is 0.948. The van der Waals surface area contributed by atoms with E-state index < -0.39 is 0 Å². The summed E-state index contributed by atoms with van der Waals surface area (Å²) >= 11 is 3.32. The average molecular weight is 244 g/mol. The molecule has 0 spiro atoms. The number of nitrogens with zero attached hydrogens (tertiary/aromatic N) is 1. The highest BCUT2D eigenvalue weighted by Crippen LogP contribution is 2.10. The van der Waals surface area contributed by atoms with Gasteiger partial charge >= 0.3 is 0 Å². The average Bonchev–Trinajstić information content (AvgIpc) is 2.09. The minimum Gasteiger partial charge on any atom is -0.393 e. The van der Waals surface area contributed by atoms with E-state index in [0.717, 1.165) is 23.0 Å². The highest BCUT2D eigenvalue weighted by Gasteiger charge is 2.04. The second-order valence-electron chi connectivity index (χ2n) is 3.11. The summed E-state index contributed by atoms with van der Waals surface area (Å²) in [6, 6.07) is 3.88. The van der Waals surface area contributed by atoms with Crippen LogP contribution in [0.3, 0.4) is 0 Å². The van der Waals surface area contributed by atoms with E-state index in [4.69, 9.17) is 0 Å². The molecule has 1 unspecified atom stereocenters. The quantitative estimate of drug-likeness (QED) is 0.882. The zero-order valence-corrected chi connectivity index (χ0v) is 9.29. The standard InChI is InChI=1S/C10H14BrNO/c1-2-3-10(13)6-9-5-4-8(11)7-12-9/h4-5,7,10,13H,2-3,6H2,1H3. The van der Waals surface area contributed by atoms with Gasteiger partial charge < -0.3 is 5.11 Å². The molecular weight excluding hydrogens is 230 g/mol. The highest BCUT2D eigenvalue weighted by molar-refractivity contribution is 9.10. The lowest BCUT2D eigenvalue weighted by Crippen LogP contribution is -2.10. The number of rotatable bonds is 4. The van der Waals surface area contributed by atoms with Crippen molar-refractivity contribution in [2.75, 3.05) is 0 Å². The Kier molecular flexibility index (Phi) is 4.39. The summed E-state index contributed by atoms with van der Waals surface area (Å²) in [7, 11) is 0. The maximum atomic E-state index is 9.52. The zero-order chi connectivity index (χ0) is 9.68. The fraction of sp³-hybridized carbons (Fsp3) is 0.500. The largest absolute Gasteiger partial charge is 0.393 e. The molecule has 1 aromatic heterocycles. The molecule has 13 heavy (non-hydrogen) atoms. The molecule has 72 valence electrons. The molecule has 1 rings (SSSR count). The maximum Gasteiger partial charge on any atom is 0.0595 e. The van der Waals surface area contributed by atoms with Gasteiger partial charge in [0.1, 0.15) is 0 Å². The van der Waals surface area contributed by atoms with Crippen molar-refractivity contribution in [2.45, 2.75) is 32.3 Å². The molecule has 0 amide bonds. The zero-order valence-electron chi connectivity index (χ0n) is 7.70. The normalized spacial score (nSPS) is 12.8. The van der Waals surface area contributed by atoms with E-state index in [2.05, 4.69) is 27.8 Å². The topological polar surface area (TPSA) is 33.1 Å². The van der Waals surface area contributed by atoms with Gasteiger partial charge in [0, 0.05) is 22.8 Å². The second kappa shape index (κ2) is 5.35. The van der Waals surface area contributed by atoms with Crippen LogP contribution in [0.4, 0.5) is 0 Å². The number of aromatic nitrogens is 1. The van der Waals surface area contributed by atoms with Crippen molar-refractivity contribution in [2.24, 2.45) is 0 Å². The Morgan fingerprint density at radius 1 is 1.54 bits per heavy atom. The molecule has 1 N–H and O–H groups in total. The van der Waals surface area contributed by atoms with Crippen molar-refractivity contribution in [1.29, 1.82) is 0 Å². The van der Waals surface area contributed by atoms with Gasteiger partial charge in [-0.1, -0.05) is 13.3 Å². The summed E-state index contributed by atoms with van der Waals surface area (Å²) in [6.07, 6.45) is 4.02. The number of aliphatic hydroxyl groups excluding tert-OH is 1. The van der Waals surface area contributed by atoms with Crippen molar-refractivity contribution < 1.29 is 5.11 Å². The van der Waals surface area contributed by atoms with Crippen molar-refractivity contribution in [1.82, 2.24) is 4.98 Å². The summed E-state index contributed by atoms with van der Waals surface area (Å²) in [6.45, 7) is 2.07. The van der Waals surface area contributed by atoms with Crippen LogP contribution in [0.5, 0.6) is 0 Å². The van der Waals surface area contributed by atoms with E-state index in [1.165, 1.54) is 0 Å². The number of hydrogen-bond donors (Lipinski definition) is 1. The minimum atomic E-state index is -0.251. The lowest BCUT2D eigenvalue weighted by Gasteiger charge is -2.07. The first kappa shape index (κ1) is 10.7. The van der Waals surface area contributed by atoms with Crippen molar-refractivity contribution >= 4 is 15.9 Å². The summed E-state index contributed by atoms with van der Waals surface area (Å²) in [5.74, 6) is 0. The monoisotopic (exact) mass is 243 g/mol. The van der Waals surface area contributed by atoms with Crippen molar-refractivity contribution in [3.05, 3.63) is 28.5 Å². The lowest BCUT2D eigenvalue weighted by atomic mass is 10.1. The van der Waals surface area contributed by atoms with Crippen molar-refractivity contribution in [3.8, 4) is 0 Å². The molecule has 0 saturated heterocycles. The third kappa shape index (κ3) is 3.87. The molecule has 1 aromatic rings. The van der Waals surface area contributed by atoms with E-state index in [1.54, 1.807) is 6.20 Å². The predicted molar refractivity (Wildman–Crippen MR) is 56.6 cm³/mol. The molecule has 0 aromatic carbocycles. The van der Waals surface area contributed by atoms with Gasteiger partial charge in [-0.15, -0.1) is 0 Å². The molecule has 0 aliphatic rings. The van der Waals surface area contributed by atoms with E-state index >= 15 is 0 Å². The number of aliphatic hydroxyl groups is 1. The van der Waals surface area contributed by atoms with Crippen LogP contribution in [-0.4, -0.2) is 16.2 Å². The Labute approximate surface area is 87.1 Å². The van der Waals surface area contributed by atoms with Gasteiger partial charge in [0.15, 0.2) is 0 Å². The van der Waals surface area contributed by atoms with Gasteiger partial charge in [0.25, 0.3) is 0 Å². The van der Waals surface area contributed by atoms with Crippen LogP contribution in [0.1, 0.15) is 25.5 Å². The Bertz CT molecular complexity index is 248. The van der Waals surface area contributed by atoms with Gasteiger partial charge in [-0.05, 0) is 34.5 Å². The van der Waals surface area contributed by atoms with Crippen molar-refractivity contribution in [3.63, 3.8) is 0 Å². The number of pyridine rings is 1. The Morgan fingerprint density at radius 2 is 2.31 bits per heavy atom. The summed E-state index contributed by atoms with van der Waals surface area (Å²) in [5, 5.41) is 9.52. The fourth-order valence-corrected chi connectivity index (χ4v) is 1.44. The van der Waals surface area contributed by atoms with Crippen LogP contribution in [0.2, 0.25) is 0 Å². The Hall–Kier alpha value is -0.410. The number of halogens is 1. The van der Waals surface area contributed by atoms with Gasteiger partial charge in [-0.25, -0.2) is 0 Å². The van der Waals surface area contributed by atoms with E-state index in [9.17, 15) is 5.11 Å². The maximum absolute atomic E-state index is 9.52. The molecule has 0 radical (unpaired) electrons. The Morgan fingerprint density at radius 3 is 2.85 bits per heavy atom. The minimum absolute atomic E-state index is 0.251. The summed E-state index contributed by atoms with van der Waals surface area (Å²) in [4.78, 5) is 4.19. The smallest absolute Gasteiger partial charge is 0.0595 e. The molecular formula is C10H14BrNO.